The summed E-state index contributed by atoms with van der Waals surface area (Å²) in [5.74, 6) is -3.52. The van der Waals surface area contributed by atoms with Gasteiger partial charge in [0.05, 0.1) is 24.1 Å². The Labute approximate surface area is 202 Å². The molecule has 11 heteroatoms. The normalized spacial score (nSPS) is 16.9. The average molecular weight is 488 g/mol. The Morgan fingerprint density at radius 2 is 1.32 bits per heavy atom. The maximum Gasteiger partial charge on any atom is 0.251 e. The Hall–Kier alpha value is -1.92. The van der Waals surface area contributed by atoms with Crippen molar-refractivity contribution in [3.63, 3.8) is 0 Å². The molecule has 198 valence electrons. The zero-order valence-electron chi connectivity index (χ0n) is 21.1. The molecule has 0 aromatic heterocycles. The van der Waals surface area contributed by atoms with Crippen molar-refractivity contribution in [2.45, 2.75) is 90.6 Å². The fraction of sp³-hybridized carbons (Fsp3) is 0.826. The Morgan fingerprint density at radius 1 is 0.824 bits per heavy atom. The topological polar surface area (TPSA) is 211 Å². The monoisotopic (exact) mass is 487 g/mol. The highest BCUT2D eigenvalue weighted by molar-refractivity contribution is 5.95. The third kappa shape index (κ3) is 11.0. The van der Waals surface area contributed by atoms with Gasteiger partial charge in [-0.3, -0.25) is 19.2 Å². The zero-order valence-corrected chi connectivity index (χ0v) is 21.1. The van der Waals surface area contributed by atoms with Crippen LogP contribution in [0.25, 0.3) is 0 Å². The molecule has 0 spiro atoms. The smallest absolute Gasteiger partial charge is 0.251 e. The lowest BCUT2D eigenvalue weighted by molar-refractivity contribution is -0.138. The van der Waals surface area contributed by atoms with Crippen molar-refractivity contribution in [3.8, 4) is 0 Å². The van der Waals surface area contributed by atoms with Crippen LogP contribution in [0.3, 0.4) is 0 Å². The minimum atomic E-state index is -1.51. The summed E-state index contributed by atoms with van der Waals surface area (Å²) in [7, 11) is 0. The molecule has 0 bridgehead atoms. The quantitative estimate of drug-likeness (QED) is 0.128. The van der Waals surface area contributed by atoms with Crippen LogP contribution < -0.4 is 27.8 Å². The number of rotatable bonds is 17. The van der Waals surface area contributed by atoms with Gasteiger partial charge in [0.15, 0.2) is 11.6 Å². The third-order valence-electron chi connectivity index (χ3n) is 5.60. The fourth-order valence-electron chi connectivity index (χ4n) is 3.58. The van der Waals surface area contributed by atoms with Gasteiger partial charge in [0.1, 0.15) is 6.10 Å². The maximum absolute atomic E-state index is 13.0. The molecule has 0 heterocycles. The SMILES string of the molecule is CC(C)C[C@H](N)[C@H](O)C(=O)N[C@@H](CCN)C(=O)C[C@H](C(=O)N[C@@H](CCN)C(=O)C(C)C)C(C)O. The minimum absolute atomic E-state index is 0.0673. The van der Waals surface area contributed by atoms with Crippen molar-refractivity contribution >= 4 is 23.4 Å². The predicted octanol–water partition coefficient (Wildman–Crippen LogP) is -1.43. The summed E-state index contributed by atoms with van der Waals surface area (Å²) >= 11 is 0. The van der Waals surface area contributed by atoms with Crippen LogP contribution in [0.15, 0.2) is 0 Å². The van der Waals surface area contributed by atoms with E-state index in [0.717, 1.165) is 0 Å². The number of amides is 2. The van der Waals surface area contributed by atoms with Crippen molar-refractivity contribution in [2.75, 3.05) is 13.1 Å². The number of Topliss-reactive ketones (excluding diaryl/α,β-unsaturated/α-hetero) is 2. The molecule has 0 aliphatic rings. The Morgan fingerprint density at radius 3 is 1.76 bits per heavy atom. The van der Waals surface area contributed by atoms with E-state index in [1.54, 1.807) is 13.8 Å². The molecule has 0 aromatic rings. The molecule has 6 atom stereocenters. The van der Waals surface area contributed by atoms with E-state index < -0.39 is 60.3 Å². The van der Waals surface area contributed by atoms with Gasteiger partial charge in [-0.05, 0) is 45.2 Å². The molecule has 0 aliphatic heterocycles. The first-order valence-corrected chi connectivity index (χ1v) is 12.0. The number of hydrogen-bond donors (Lipinski definition) is 7. The molecule has 11 nitrogen and oxygen atoms in total. The van der Waals surface area contributed by atoms with Crippen LogP contribution in [0, 0.1) is 17.8 Å². The predicted molar refractivity (Wildman–Crippen MR) is 129 cm³/mol. The summed E-state index contributed by atoms with van der Waals surface area (Å²) in [6.45, 7) is 8.82. The van der Waals surface area contributed by atoms with Gasteiger partial charge >= 0.3 is 0 Å². The van der Waals surface area contributed by atoms with Crippen LogP contribution in [0.1, 0.15) is 60.3 Å². The highest BCUT2D eigenvalue weighted by Crippen LogP contribution is 2.15. The lowest BCUT2D eigenvalue weighted by atomic mass is 9.91. The summed E-state index contributed by atoms with van der Waals surface area (Å²) in [5.41, 5.74) is 17.0. The molecule has 0 radical (unpaired) electrons. The van der Waals surface area contributed by atoms with E-state index in [4.69, 9.17) is 17.2 Å². The summed E-state index contributed by atoms with van der Waals surface area (Å²) in [6.07, 6.45) is -2.39. The molecule has 0 aliphatic carbocycles. The zero-order chi connectivity index (χ0) is 26.6. The van der Waals surface area contributed by atoms with Crippen LogP contribution in [-0.4, -0.2) is 77.0 Å². The van der Waals surface area contributed by atoms with E-state index in [2.05, 4.69) is 10.6 Å². The first-order valence-electron chi connectivity index (χ1n) is 12.0. The van der Waals surface area contributed by atoms with Crippen molar-refractivity contribution in [1.29, 1.82) is 0 Å². The molecule has 0 aromatic carbocycles. The second kappa shape index (κ2) is 15.9. The fourth-order valence-corrected chi connectivity index (χ4v) is 3.58. The second-order valence-corrected chi connectivity index (χ2v) is 9.59. The van der Waals surface area contributed by atoms with Gasteiger partial charge in [0.2, 0.25) is 5.91 Å². The van der Waals surface area contributed by atoms with E-state index in [1.165, 1.54) is 6.92 Å². The van der Waals surface area contributed by atoms with Gasteiger partial charge in [-0.15, -0.1) is 0 Å². The summed E-state index contributed by atoms with van der Waals surface area (Å²) in [6, 6.07) is -2.70. The Balaban J connectivity index is 5.41. The lowest BCUT2D eigenvalue weighted by Gasteiger charge is -2.26. The number of nitrogens with one attached hydrogen (secondary N) is 2. The molecule has 1 unspecified atom stereocenters. The number of carbonyl (C=O) groups excluding carboxylic acids is 4. The van der Waals surface area contributed by atoms with Crippen LogP contribution in [0.2, 0.25) is 0 Å². The molecule has 0 rings (SSSR count). The molecule has 2 amide bonds. The van der Waals surface area contributed by atoms with E-state index in [-0.39, 0.29) is 43.6 Å². The van der Waals surface area contributed by atoms with Gasteiger partial charge in [0, 0.05) is 18.4 Å². The van der Waals surface area contributed by atoms with Crippen LogP contribution in [0.5, 0.6) is 0 Å². The van der Waals surface area contributed by atoms with E-state index in [9.17, 15) is 29.4 Å². The van der Waals surface area contributed by atoms with E-state index >= 15 is 0 Å². The summed E-state index contributed by atoms with van der Waals surface area (Å²) in [4.78, 5) is 50.6. The molecular formula is C23H45N5O6. The van der Waals surface area contributed by atoms with Crippen molar-refractivity contribution in [2.24, 2.45) is 35.0 Å². The highest BCUT2D eigenvalue weighted by Gasteiger charge is 2.34. The second-order valence-electron chi connectivity index (χ2n) is 9.59. The molecule has 34 heavy (non-hydrogen) atoms. The summed E-state index contributed by atoms with van der Waals surface area (Å²) in [5, 5.41) is 25.4. The van der Waals surface area contributed by atoms with E-state index in [1.807, 2.05) is 13.8 Å². The van der Waals surface area contributed by atoms with Crippen molar-refractivity contribution in [1.82, 2.24) is 10.6 Å². The molecule has 0 saturated heterocycles. The van der Waals surface area contributed by atoms with Crippen molar-refractivity contribution in [3.05, 3.63) is 0 Å². The molecule has 10 N–H and O–H groups in total. The Bertz CT molecular complexity index is 670. The number of hydrogen-bond acceptors (Lipinski definition) is 9. The first-order chi connectivity index (χ1) is 15.8. The summed E-state index contributed by atoms with van der Waals surface area (Å²) < 4.78 is 0. The standard InChI is InChI=1S/C23H45N5O6/c1-12(2)10-16(26)21(32)23(34)27-17(6-8-24)19(30)11-15(14(5)29)22(33)28-18(7-9-25)20(31)13(3)4/h12-18,21,29,32H,6-11,24-26H2,1-5H3,(H,27,34)(H,28,33)/t14?,15-,16-,17-,18-,21-/m0/s1. The number of nitrogens with two attached hydrogens (primary N) is 3. The van der Waals surface area contributed by atoms with Gasteiger partial charge < -0.3 is 38.0 Å². The van der Waals surface area contributed by atoms with Crippen LogP contribution >= 0.6 is 0 Å². The van der Waals surface area contributed by atoms with Gasteiger partial charge in [0.25, 0.3) is 5.91 Å². The van der Waals surface area contributed by atoms with Gasteiger partial charge in [-0.2, -0.15) is 0 Å². The third-order valence-corrected chi connectivity index (χ3v) is 5.60. The van der Waals surface area contributed by atoms with Gasteiger partial charge in [-0.1, -0.05) is 27.7 Å². The number of aliphatic hydroxyl groups is 2. The first kappa shape index (κ1) is 32.1. The van der Waals surface area contributed by atoms with Gasteiger partial charge in [-0.25, -0.2) is 0 Å². The number of carbonyl (C=O) groups is 4. The maximum atomic E-state index is 13.0. The largest absolute Gasteiger partial charge is 0.393 e. The molecule has 0 fully saturated rings. The molecular weight excluding hydrogens is 442 g/mol. The van der Waals surface area contributed by atoms with Crippen molar-refractivity contribution < 1.29 is 29.4 Å². The van der Waals surface area contributed by atoms with E-state index in [0.29, 0.717) is 6.42 Å². The Kier molecular flexibility index (Phi) is 15.0. The van der Waals surface area contributed by atoms with Crippen LogP contribution in [-0.2, 0) is 19.2 Å². The highest BCUT2D eigenvalue weighted by atomic mass is 16.3. The lowest BCUT2D eigenvalue weighted by Crippen LogP contribution is -2.53. The minimum Gasteiger partial charge on any atom is -0.393 e. The number of ketones is 2. The average Bonchev–Trinajstić information content (AvgIpc) is 2.74. The van der Waals surface area contributed by atoms with Crippen LogP contribution in [0.4, 0.5) is 0 Å². The number of aliphatic hydroxyl groups excluding tert-OH is 2. The molecule has 0 saturated carbocycles.